The molecule has 0 radical (unpaired) electrons. The smallest absolute Gasteiger partial charge is 0.145 e. The number of pyridine rings is 2. The second-order valence-corrected chi connectivity index (χ2v) is 31.4. The maximum absolute atomic E-state index is 5.42. The number of hydrogen-bond acceptors (Lipinski definition) is 4. The average molecular weight is 1530 g/mol. The summed E-state index contributed by atoms with van der Waals surface area (Å²) in [6, 6.07) is 162. The molecular weight excluding hydrogens is 1450 g/mol. The van der Waals surface area contributed by atoms with Gasteiger partial charge in [0, 0.05) is 55.2 Å². The maximum atomic E-state index is 5.42. The normalized spacial score (nSPS) is 12.8. The van der Waals surface area contributed by atoms with E-state index in [4.69, 9.17) is 19.9 Å². The molecule has 6 heteroatoms. The molecule has 120 heavy (non-hydrogen) atoms. The fourth-order valence-corrected chi connectivity index (χ4v) is 19.6. The van der Waals surface area contributed by atoms with Crippen LogP contribution < -0.4 is 0 Å². The van der Waals surface area contributed by atoms with Gasteiger partial charge in [0.15, 0.2) is 0 Å². The first-order valence-electron chi connectivity index (χ1n) is 41.2. The van der Waals surface area contributed by atoms with Crippen LogP contribution in [-0.4, -0.2) is 29.1 Å². The van der Waals surface area contributed by atoms with Crippen molar-refractivity contribution < 1.29 is 0 Å². The van der Waals surface area contributed by atoms with Crippen molar-refractivity contribution in [3.05, 3.63) is 493 Å². The number of rotatable bonds is 12. The van der Waals surface area contributed by atoms with Crippen LogP contribution in [0.4, 0.5) is 0 Å². The summed E-state index contributed by atoms with van der Waals surface area (Å²) in [7, 11) is 0. The highest BCUT2D eigenvalue weighted by Crippen LogP contribution is 2.60. The van der Waals surface area contributed by atoms with Crippen molar-refractivity contribution in [2.24, 2.45) is 0 Å². The Morgan fingerprint density at radius 2 is 0.500 bits per heavy atom. The van der Waals surface area contributed by atoms with E-state index < -0.39 is 10.8 Å². The number of aromatic nitrogens is 6. The molecule has 0 bridgehead atoms. The van der Waals surface area contributed by atoms with Crippen LogP contribution in [-0.2, 0) is 10.8 Å². The summed E-state index contributed by atoms with van der Waals surface area (Å²) < 4.78 is 4.53. The van der Waals surface area contributed by atoms with Gasteiger partial charge in [0.05, 0.1) is 55.3 Å². The molecule has 2 aliphatic rings. The summed E-state index contributed by atoms with van der Waals surface area (Å²) in [5.74, 6) is 1.86. The van der Waals surface area contributed by atoms with E-state index in [1.807, 2.05) is 18.2 Å². The summed E-state index contributed by atoms with van der Waals surface area (Å²) >= 11 is 0. The van der Waals surface area contributed by atoms with E-state index in [-0.39, 0.29) is 0 Å². The highest BCUT2D eigenvalue weighted by atomic mass is 15.1. The number of hydrogen-bond donors (Lipinski definition) is 0. The van der Waals surface area contributed by atoms with E-state index in [2.05, 4.69) is 440 Å². The number of para-hydroxylation sites is 6. The molecule has 0 unspecified atom stereocenters. The summed E-state index contributed by atoms with van der Waals surface area (Å²) in [5, 5.41) is 7.02. The molecule has 18 aromatic carbocycles. The summed E-state index contributed by atoms with van der Waals surface area (Å²) in [5.41, 5.74) is 33.5. The van der Waals surface area contributed by atoms with E-state index in [0.717, 1.165) is 134 Å². The molecule has 2 aliphatic carbocycles. The molecule has 0 fully saturated rings. The lowest BCUT2D eigenvalue weighted by Crippen LogP contribution is -2.28. The molecular formula is C114H74N6. The van der Waals surface area contributed by atoms with Crippen LogP contribution in [0.15, 0.2) is 449 Å². The average Bonchev–Trinajstić information content (AvgIpc) is 1.53. The number of nitrogens with zero attached hydrogens (tertiary/aromatic N) is 6. The topological polar surface area (TPSA) is 61.4 Å². The van der Waals surface area contributed by atoms with Crippen LogP contribution >= 0.6 is 0 Å². The second kappa shape index (κ2) is 28.6. The SMILES string of the molecule is c1ccc(-c2nc3ccccc3n2-c2ccc(-c3ccc(-c4nc5ccccc5c5cc6c(cc45)-c4ccccc4C6(c4ccccc4)c4ccccc4)cc3)cc2)cc1.c1ccc(-c2nc3ccccc3n2-c2cccc(-c3ccc(-c4nc5ccccc5c5cc6c(cc45)-c4ccccc4C6(c4ccccc4)c4ccccc4)cc3)c2)cc1. The van der Waals surface area contributed by atoms with Crippen molar-refractivity contribution in [1.82, 2.24) is 29.1 Å². The van der Waals surface area contributed by atoms with Crippen molar-refractivity contribution in [2.75, 3.05) is 0 Å². The Kier molecular flexibility index (Phi) is 16.6. The summed E-state index contributed by atoms with van der Waals surface area (Å²) in [6.45, 7) is 0. The van der Waals surface area contributed by atoms with E-state index >= 15 is 0 Å². The lowest BCUT2D eigenvalue weighted by molar-refractivity contribution is 0.769. The maximum Gasteiger partial charge on any atom is 0.145 e. The zero-order valence-electron chi connectivity index (χ0n) is 65.4. The minimum Gasteiger partial charge on any atom is -0.292 e. The number of fused-ring (bicyclic) bond motifs is 14. The van der Waals surface area contributed by atoms with Gasteiger partial charge in [-0.3, -0.25) is 9.13 Å². The third-order valence-electron chi connectivity index (χ3n) is 25.0. The molecule has 0 atom stereocenters. The van der Waals surface area contributed by atoms with Crippen molar-refractivity contribution >= 4 is 65.4 Å². The van der Waals surface area contributed by atoms with Gasteiger partial charge in [0.25, 0.3) is 0 Å². The van der Waals surface area contributed by atoms with E-state index in [1.165, 1.54) is 77.5 Å². The molecule has 4 heterocycles. The molecule has 0 saturated heterocycles. The molecule has 4 aromatic heterocycles. The third-order valence-corrected chi connectivity index (χ3v) is 25.0. The van der Waals surface area contributed by atoms with Gasteiger partial charge in [-0.25, -0.2) is 19.9 Å². The molecule has 0 amide bonds. The van der Waals surface area contributed by atoms with Gasteiger partial charge in [-0.05, 0) is 185 Å². The summed E-state index contributed by atoms with van der Waals surface area (Å²) in [4.78, 5) is 20.9. The molecule has 0 spiro atoms. The van der Waals surface area contributed by atoms with Gasteiger partial charge in [-0.1, -0.05) is 364 Å². The molecule has 0 aliphatic heterocycles. The van der Waals surface area contributed by atoms with Crippen molar-refractivity contribution in [3.8, 4) is 101 Å². The van der Waals surface area contributed by atoms with Gasteiger partial charge in [-0.15, -0.1) is 0 Å². The first-order valence-corrected chi connectivity index (χ1v) is 41.2. The second-order valence-electron chi connectivity index (χ2n) is 31.4. The lowest BCUT2D eigenvalue weighted by atomic mass is 9.67. The van der Waals surface area contributed by atoms with Gasteiger partial charge in [0.1, 0.15) is 11.6 Å². The Balaban J connectivity index is 0.000000140. The molecule has 6 nitrogen and oxygen atoms in total. The predicted molar refractivity (Wildman–Crippen MR) is 495 cm³/mol. The monoisotopic (exact) mass is 1530 g/mol. The van der Waals surface area contributed by atoms with E-state index in [1.54, 1.807) is 0 Å². The molecule has 0 N–H and O–H groups in total. The molecule has 22 aromatic rings. The van der Waals surface area contributed by atoms with Crippen LogP contribution in [0.3, 0.4) is 0 Å². The fraction of sp³-hybridized carbons (Fsp3) is 0.0175. The highest BCUT2D eigenvalue weighted by molar-refractivity contribution is 6.15. The van der Waals surface area contributed by atoms with E-state index in [0.29, 0.717) is 0 Å². The standard InChI is InChI=1S/2C57H37N3/c1-4-17-40(18-5-1)56-59-53-29-14-15-30-54(53)60(56)44-24-16-19-41(35-44)38-31-33-39(34-32-38)55-49-36-48-45-25-10-12-27-50(45)57(42-20-6-2-7-21-42,43-22-8-3-9-23-43)51(48)37-47(49)46-26-11-13-28-52(46)58-55;1-4-16-41(17-5-1)56-59-53-26-14-15-27-54(53)60(56)44-34-32-39(33-35-44)38-28-30-40(31-29-38)55-49-36-48-45-22-10-12-24-50(45)57(42-18-6-2-7-19-42,43-20-8-3-9-21-43)51(48)37-47(49)46-23-11-13-25-52(46)58-55/h2*1-37H. The highest BCUT2D eigenvalue weighted by Gasteiger charge is 2.48. The summed E-state index contributed by atoms with van der Waals surface area (Å²) in [6.07, 6.45) is 0. The Bertz CT molecular complexity index is 7640. The van der Waals surface area contributed by atoms with Gasteiger partial charge in [-0.2, -0.15) is 0 Å². The number of benzene rings is 18. The van der Waals surface area contributed by atoms with Crippen LogP contribution in [0.5, 0.6) is 0 Å². The third kappa shape index (κ3) is 11.2. The first-order chi connectivity index (χ1) is 59.5. The molecule has 0 saturated carbocycles. The molecule has 24 rings (SSSR count). The first kappa shape index (κ1) is 69.7. The van der Waals surface area contributed by atoms with Gasteiger partial charge in [0.2, 0.25) is 0 Å². The zero-order valence-corrected chi connectivity index (χ0v) is 65.4. The van der Waals surface area contributed by atoms with Crippen LogP contribution in [0.2, 0.25) is 0 Å². The Morgan fingerprint density at radius 1 is 0.175 bits per heavy atom. The van der Waals surface area contributed by atoms with Gasteiger partial charge < -0.3 is 0 Å². The Labute approximate surface area is 695 Å². The van der Waals surface area contributed by atoms with Crippen LogP contribution in [0.25, 0.3) is 167 Å². The van der Waals surface area contributed by atoms with Crippen molar-refractivity contribution in [2.45, 2.75) is 10.8 Å². The Morgan fingerprint density at radius 3 is 0.925 bits per heavy atom. The van der Waals surface area contributed by atoms with Crippen molar-refractivity contribution in [1.29, 1.82) is 0 Å². The minimum absolute atomic E-state index is 0.474. The lowest BCUT2D eigenvalue weighted by Gasteiger charge is -2.34. The fourth-order valence-electron chi connectivity index (χ4n) is 19.6. The van der Waals surface area contributed by atoms with Crippen LogP contribution in [0, 0.1) is 0 Å². The molecule has 560 valence electrons. The largest absolute Gasteiger partial charge is 0.292 e. The zero-order chi connectivity index (χ0) is 79.2. The minimum atomic E-state index is -0.478. The Hall–Kier alpha value is -15.8. The van der Waals surface area contributed by atoms with Crippen molar-refractivity contribution in [3.63, 3.8) is 0 Å². The predicted octanol–water partition coefficient (Wildman–Crippen LogP) is 28.2. The number of imidazole rings is 2. The van der Waals surface area contributed by atoms with Gasteiger partial charge >= 0.3 is 0 Å². The van der Waals surface area contributed by atoms with Crippen LogP contribution in [0.1, 0.15) is 44.5 Å². The van der Waals surface area contributed by atoms with E-state index in [9.17, 15) is 0 Å². The quantitative estimate of drug-likeness (QED) is 0.114.